The second-order valence-corrected chi connectivity index (χ2v) is 9.29. The summed E-state index contributed by atoms with van der Waals surface area (Å²) in [4.78, 5) is 14.5. The molecular formula is C17H19ClN2O4S2. The predicted molar refractivity (Wildman–Crippen MR) is 102 cm³/mol. The summed E-state index contributed by atoms with van der Waals surface area (Å²) in [6, 6.07) is 8.03. The van der Waals surface area contributed by atoms with E-state index in [2.05, 4.69) is 4.72 Å². The third kappa shape index (κ3) is 4.20. The normalized spacial score (nSPS) is 15.8. The molecule has 1 N–H and O–H groups in total. The van der Waals surface area contributed by atoms with Gasteiger partial charge in [0.05, 0.1) is 12.7 Å². The minimum atomic E-state index is -3.50. The lowest BCUT2D eigenvalue weighted by atomic mass is 10.0. The molecule has 0 saturated carbocycles. The van der Waals surface area contributed by atoms with Gasteiger partial charge in [0.15, 0.2) is 0 Å². The Kier molecular flexibility index (Phi) is 5.86. The molecule has 0 spiro atoms. The van der Waals surface area contributed by atoms with Crippen molar-refractivity contribution in [3.63, 3.8) is 0 Å². The topological polar surface area (TPSA) is 75.7 Å². The van der Waals surface area contributed by atoms with Crippen LogP contribution in [0.25, 0.3) is 0 Å². The Morgan fingerprint density at radius 1 is 1.31 bits per heavy atom. The number of halogens is 1. The maximum atomic E-state index is 12.8. The number of nitrogens with zero attached hydrogens (tertiary/aromatic N) is 1. The van der Waals surface area contributed by atoms with E-state index in [9.17, 15) is 13.2 Å². The van der Waals surface area contributed by atoms with E-state index in [1.165, 1.54) is 18.4 Å². The number of hydrogen-bond acceptors (Lipinski definition) is 5. The summed E-state index contributed by atoms with van der Waals surface area (Å²) >= 11 is 7.18. The van der Waals surface area contributed by atoms with Crippen LogP contribution in [0.15, 0.2) is 39.9 Å². The van der Waals surface area contributed by atoms with Gasteiger partial charge in [0.25, 0.3) is 5.91 Å². The summed E-state index contributed by atoms with van der Waals surface area (Å²) in [5.74, 6) is 0.309. The first-order valence-electron chi connectivity index (χ1n) is 8.09. The van der Waals surface area contributed by atoms with Crippen LogP contribution in [-0.2, 0) is 10.0 Å². The number of ether oxygens (including phenoxy) is 1. The first kappa shape index (κ1) is 19.2. The van der Waals surface area contributed by atoms with Gasteiger partial charge < -0.3 is 9.64 Å². The Morgan fingerprint density at radius 2 is 2.04 bits per heavy atom. The fraction of sp³-hybridized carbons (Fsp3) is 0.353. The molecule has 1 aliphatic heterocycles. The molecule has 2 heterocycles. The summed E-state index contributed by atoms with van der Waals surface area (Å²) in [5.41, 5.74) is 0.414. The highest BCUT2D eigenvalue weighted by Crippen LogP contribution is 2.26. The highest BCUT2D eigenvalue weighted by molar-refractivity contribution is 7.91. The summed E-state index contributed by atoms with van der Waals surface area (Å²) < 4.78 is 32.9. The number of hydrogen-bond donors (Lipinski definition) is 1. The van der Waals surface area contributed by atoms with Crippen molar-refractivity contribution in [1.29, 1.82) is 0 Å². The SMILES string of the molecule is COc1ccc(Cl)cc1C(=O)N1CCC(NS(=O)(=O)c2cccs2)CC1. The molecule has 6 nitrogen and oxygen atoms in total. The minimum Gasteiger partial charge on any atom is -0.496 e. The van der Waals surface area contributed by atoms with Crippen molar-refractivity contribution >= 4 is 38.9 Å². The molecule has 1 saturated heterocycles. The van der Waals surface area contributed by atoms with Crippen molar-refractivity contribution in [2.45, 2.75) is 23.1 Å². The van der Waals surface area contributed by atoms with Gasteiger partial charge >= 0.3 is 0 Å². The number of rotatable bonds is 5. The number of carbonyl (C=O) groups is 1. The van der Waals surface area contributed by atoms with Gasteiger partial charge in [0.2, 0.25) is 10.0 Å². The number of benzene rings is 1. The number of carbonyl (C=O) groups excluding carboxylic acids is 1. The zero-order valence-electron chi connectivity index (χ0n) is 14.1. The molecule has 0 unspecified atom stereocenters. The molecule has 0 atom stereocenters. The summed E-state index contributed by atoms with van der Waals surface area (Å²) in [6.45, 7) is 0.929. The smallest absolute Gasteiger partial charge is 0.257 e. The van der Waals surface area contributed by atoms with Crippen molar-refractivity contribution in [2.24, 2.45) is 0 Å². The second kappa shape index (κ2) is 7.96. The van der Waals surface area contributed by atoms with E-state index in [1.807, 2.05) is 0 Å². The van der Waals surface area contributed by atoms with Gasteiger partial charge in [-0.15, -0.1) is 11.3 Å². The molecule has 1 aromatic heterocycles. The van der Waals surface area contributed by atoms with Crippen LogP contribution in [-0.4, -0.2) is 45.5 Å². The van der Waals surface area contributed by atoms with E-state index in [0.717, 1.165) is 0 Å². The van der Waals surface area contributed by atoms with Gasteiger partial charge in [-0.25, -0.2) is 13.1 Å². The molecular weight excluding hydrogens is 396 g/mol. The van der Waals surface area contributed by atoms with E-state index in [4.69, 9.17) is 16.3 Å². The van der Waals surface area contributed by atoms with Crippen LogP contribution in [0.3, 0.4) is 0 Å². The predicted octanol–water partition coefficient (Wildman–Crippen LogP) is 2.99. The molecule has 1 aliphatic rings. The van der Waals surface area contributed by atoms with Gasteiger partial charge in [-0.05, 0) is 42.5 Å². The number of nitrogens with one attached hydrogen (secondary N) is 1. The van der Waals surface area contributed by atoms with Crippen LogP contribution in [0.1, 0.15) is 23.2 Å². The molecule has 1 amide bonds. The maximum absolute atomic E-state index is 12.8. The van der Waals surface area contributed by atoms with Gasteiger partial charge in [0, 0.05) is 24.2 Å². The monoisotopic (exact) mass is 414 g/mol. The molecule has 0 radical (unpaired) electrons. The van der Waals surface area contributed by atoms with E-state index in [-0.39, 0.29) is 11.9 Å². The first-order chi connectivity index (χ1) is 12.4. The standard InChI is InChI=1S/C17H19ClN2O4S2/c1-24-15-5-4-12(18)11-14(15)17(21)20-8-6-13(7-9-20)19-26(22,23)16-3-2-10-25-16/h2-5,10-11,13,19H,6-9H2,1H3. The van der Waals surface area contributed by atoms with Crippen molar-refractivity contribution in [2.75, 3.05) is 20.2 Å². The number of piperidine rings is 1. The number of amides is 1. The van der Waals surface area contributed by atoms with Crippen LogP contribution in [0.5, 0.6) is 5.75 Å². The van der Waals surface area contributed by atoms with Crippen LogP contribution in [0.2, 0.25) is 5.02 Å². The molecule has 26 heavy (non-hydrogen) atoms. The number of sulfonamides is 1. The first-order valence-corrected chi connectivity index (χ1v) is 10.8. The molecule has 0 aliphatic carbocycles. The Balaban J connectivity index is 1.64. The lowest BCUT2D eigenvalue weighted by Crippen LogP contribution is -2.46. The van der Waals surface area contributed by atoms with E-state index < -0.39 is 10.0 Å². The number of methoxy groups -OCH3 is 1. The lowest BCUT2D eigenvalue weighted by Gasteiger charge is -2.32. The summed E-state index contributed by atoms with van der Waals surface area (Å²) in [6.07, 6.45) is 1.11. The molecule has 2 aromatic rings. The molecule has 1 aromatic carbocycles. The Morgan fingerprint density at radius 3 is 2.65 bits per heavy atom. The quantitative estimate of drug-likeness (QED) is 0.816. The Labute approximate surface area is 161 Å². The molecule has 140 valence electrons. The average Bonchev–Trinajstić information content (AvgIpc) is 3.17. The minimum absolute atomic E-state index is 0.163. The number of thiophene rings is 1. The maximum Gasteiger partial charge on any atom is 0.257 e. The van der Waals surface area contributed by atoms with Gasteiger partial charge in [-0.3, -0.25) is 4.79 Å². The van der Waals surface area contributed by atoms with Crippen LogP contribution >= 0.6 is 22.9 Å². The van der Waals surface area contributed by atoms with Crippen LogP contribution < -0.4 is 9.46 Å². The van der Waals surface area contributed by atoms with Crippen molar-refractivity contribution < 1.29 is 17.9 Å². The highest BCUT2D eigenvalue weighted by atomic mass is 35.5. The van der Waals surface area contributed by atoms with E-state index in [1.54, 1.807) is 40.6 Å². The molecule has 3 rings (SSSR count). The Hall–Kier alpha value is -1.61. The van der Waals surface area contributed by atoms with Crippen LogP contribution in [0.4, 0.5) is 0 Å². The van der Waals surface area contributed by atoms with E-state index >= 15 is 0 Å². The van der Waals surface area contributed by atoms with Crippen molar-refractivity contribution in [3.05, 3.63) is 46.3 Å². The van der Waals surface area contributed by atoms with Gasteiger partial charge in [0.1, 0.15) is 9.96 Å². The molecule has 9 heteroatoms. The number of likely N-dealkylation sites (tertiary alicyclic amines) is 1. The van der Waals surface area contributed by atoms with Crippen LogP contribution in [0, 0.1) is 0 Å². The third-order valence-corrected chi connectivity index (χ3v) is 7.41. The second-order valence-electron chi connectivity index (χ2n) is 5.96. The van der Waals surface area contributed by atoms with Gasteiger partial charge in [-0.1, -0.05) is 17.7 Å². The largest absolute Gasteiger partial charge is 0.496 e. The van der Waals surface area contributed by atoms with Gasteiger partial charge in [-0.2, -0.15) is 0 Å². The Bertz CT molecular complexity index is 876. The van der Waals surface area contributed by atoms with Crippen molar-refractivity contribution in [3.8, 4) is 5.75 Å². The lowest BCUT2D eigenvalue weighted by molar-refractivity contribution is 0.0708. The molecule has 0 bridgehead atoms. The summed E-state index contributed by atoms with van der Waals surface area (Å²) in [7, 11) is -1.99. The fourth-order valence-corrected chi connectivity index (χ4v) is 5.40. The zero-order valence-corrected chi connectivity index (χ0v) is 16.5. The van der Waals surface area contributed by atoms with Crippen molar-refractivity contribution in [1.82, 2.24) is 9.62 Å². The average molecular weight is 415 g/mol. The molecule has 1 fully saturated rings. The zero-order chi connectivity index (χ0) is 18.7. The fourth-order valence-electron chi connectivity index (χ4n) is 2.91. The highest BCUT2D eigenvalue weighted by Gasteiger charge is 2.28. The van der Waals surface area contributed by atoms with E-state index in [0.29, 0.717) is 46.5 Å². The summed E-state index contributed by atoms with van der Waals surface area (Å²) in [5, 5.41) is 2.20. The third-order valence-electron chi connectivity index (χ3n) is 4.26.